The van der Waals surface area contributed by atoms with E-state index in [-0.39, 0.29) is 5.91 Å². The number of aromatic nitrogens is 2. The summed E-state index contributed by atoms with van der Waals surface area (Å²) in [5.74, 6) is 0.00417. The maximum absolute atomic E-state index is 11.9. The molecular weight excluding hydrogens is 190 g/mol. The van der Waals surface area contributed by atoms with Gasteiger partial charge in [0.2, 0.25) is 0 Å². The van der Waals surface area contributed by atoms with Gasteiger partial charge < -0.3 is 10.3 Å². The first-order valence-corrected chi connectivity index (χ1v) is 5.07. The second kappa shape index (κ2) is 3.08. The number of fused-ring (bicyclic) bond motifs is 1. The van der Waals surface area contributed by atoms with Gasteiger partial charge in [-0.3, -0.25) is 4.79 Å². The molecule has 0 unspecified atom stereocenters. The second-order valence-electron chi connectivity index (χ2n) is 3.85. The molecule has 4 heteroatoms. The lowest BCUT2D eigenvalue weighted by molar-refractivity contribution is 0.0952. The van der Waals surface area contributed by atoms with Crippen LogP contribution in [0.5, 0.6) is 0 Å². The predicted molar refractivity (Wildman–Crippen MR) is 56.6 cm³/mol. The van der Waals surface area contributed by atoms with E-state index in [0.717, 1.165) is 23.9 Å². The van der Waals surface area contributed by atoms with Crippen molar-refractivity contribution in [2.24, 2.45) is 0 Å². The number of H-pyrrole nitrogens is 1. The van der Waals surface area contributed by atoms with Crippen LogP contribution in [0, 0.1) is 0 Å². The molecule has 0 aromatic carbocycles. The van der Waals surface area contributed by atoms with Crippen molar-refractivity contribution in [1.29, 1.82) is 0 Å². The summed E-state index contributed by atoms with van der Waals surface area (Å²) in [6.45, 7) is 0. The van der Waals surface area contributed by atoms with Crippen LogP contribution >= 0.6 is 0 Å². The molecule has 0 bridgehead atoms. The van der Waals surface area contributed by atoms with Crippen LogP contribution in [-0.2, 0) is 0 Å². The van der Waals surface area contributed by atoms with E-state index >= 15 is 0 Å². The van der Waals surface area contributed by atoms with Crippen LogP contribution in [-0.4, -0.2) is 21.9 Å². The van der Waals surface area contributed by atoms with E-state index in [9.17, 15) is 4.79 Å². The average Bonchev–Trinajstić information content (AvgIpc) is 2.93. The van der Waals surface area contributed by atoms with E-state index in [1.807, 2.05) is 6.07 Å². The number of hydrogen-bond acceptors (Lipinski definition) is 2. The minimum absolute atomic E-state index is 0.00417. The first-order chi connectivity index (χ1) is 7.34. The molecule has 1 aliphatic rings. The molecule has 2 aromatic rings. The molecular formula is C11H11N3O. The topological polar surface area (TPSA) is 57.8 Å². The monoisotopic (exact) mass is 201 g/mol. The Morgan fingerprint density at radius 3 is 3.13 bits per heavy atom. The second-order valence-corrected chi connectivity index (χ2v) is 3.85. The number of aromatic amines is 1. The molecule has 15 heavy (non-hydrogen) atoms. The summed E-state index contributed by atoms with van der Waals surface area (Å²) in [6.07, 6.45) is 5.66. The highest BCUT2D eigenvalue weighted by atomic mass is 16.1. The number of nitrogens with one attached hydrogen (secondary N) is 2. The quantitative estimate of drug-likeness (QED) is 0.772. The molecule has 1 saturated carbocycles. The molecule has 0 atom stereocenters. The maximum atomic E-state index is 11.9. The molecule has 1 aliphatic carbocycles. The van der Waals surface area contributed by atoms with Gasteiger partial charge in [0, 0.05) is 23.8 Å². The Labute approximate surface area is 86.7 Å². The van der Waals surface area contributed by atoms with Gasteiger partial charge in [0.05, 0.1) is 5.56 Å². The van der Waals surface area contributed by atoms with Crippen molar-refractivity contribution in [2.45, 2.75) is 18.9 Å². The van der Waals surface area contributed by atoms with Gasteiger partial charge in [-0.1, -0.05) is 0 Å². The van der Waals surface area contributed by atoms with Gasteiger partial charge in [-0.15, -0.1) is 0 Å². The van der Waals surface area contributed by atoms with E-state index in [0.29, 0.717) is 11.6 Å². The van der Waals surface area contributed by atoms with Gasteiger partial charge in [-0.25, -0.2) is 4.98 Å². The predicted octanol–water partition coefficient (Wildman–Crippen LogP) is 1.46. The molecule has 0 aliphatic heterocycles. The van der Waals surface area contributed by atoms with E-state index < -0.39 is 0 Å². The van der Waals surface area contributed by atoms with E-state index in [1.54, 1.807) is 18.5 Å². The molecule has 3 rings (SSSR count). The number of rotatable bonds is 2. The zero-order valence-corrected chi connectivity index (χ0v) is 8.16. The number of amides is 1. The van der Waals surface area contributed by atoms with E-state index in [2.05, 4.69) is 15.3 Å². The molecule has 4 nitrogen and oxygen atoms in total. The summed E-state index contributed by atoms with van der Waals surface area (Å²) >= 11 is 0. The smallest absolute Gasteiger partial charge is 0.252 e. The normalized spacial score (nSPS) is 15.5. The minimum Gasteiger partial charge on any atom is -0.349 e. The molecule has 2 N–H and O–H groups in total. The van der Waals surface area contributed by atoms with Crippen molar-refractivity contribution < 1.29 is 4.79 Å². The Bertz CT molecular complexity index is 513. The average molecular weight is 201 g/mol. The molecule has 76 valence electrons. The standard InChI is InChI=1S/C11H11N3O/c15-11(14-7-1-2-7)9-4-6-13-10-8(9)3-5-12-10/h3-7H,1-2H2,(H,12,13)(H,14,15). The van der Waals surface area contributed by atoms with Crippen LogP contribution in [0.25, 0.3) is 11.0 Å². The van der Waals surface area contributed by atoms with Gasteiger partial charge in [0.15, 0.2) is 0 Å². The van der Waals surface area contributed by atoms with Crippen molar-refractivity contribution >= 4 is 16.9 Å². The number of carbonyl (C=O) groups excluding carboxylic acids is 1. The Hall–Kier alpha value is -1.84. The molecule has 1 fully saturated rings. The third-order valence-corrected chi connectivity index (χ3v) is 2.62. The maximum Gasteiger partial charge on any atom is 0.252 e. The molecule has 1 amide bonds. The van der Waals surface area contributed by atoms with Crippen LogP contribution in [0.4, 0.5) is 0 Å². The van der Waals surface area contributed by atoms with Crippen molar-refractivity contribution in [3.63, 3.8) is 0 Å². The van der Waals surface area contributed by atoms with Crippen LogP contribution in [0.15, 0.2) is 24.5 Å². The lowest BCUT2D eigenvalue weighted by Crippen LogP contribution is -2.25. The van der Waals surface area contributed by atoms with Crippen molar-refractivity contribution in [3.05, 3.63) is 30.1 Å². The largest absolute Gasteiger partial charge is 0.349 e. The number of hydrogen-bond donors (Lipinski definition) is 2. The summed E-state index contributed by atoms with van der Waals surface area (Å²) in [7, 11) is 0. The first-order valence-electron chi connectivity index (χ1n) is 5.07. The Morgan fingerprint density at radius 1 is 1.47 bits per heavy atom. The van der Waals surface area contributed by atoms with Gasteiger partial charge >= 0.3 is 0 Å². The van der Waals surface area contributed by atoms with E-state index in [4.69, 9.17) is 0 Å². The van der Waals surface area contributed by atoms with E-state index in [1.165, 1.54) is 0 Å². The zero-order chi connectivity index (χ0) is 10.3. The summed E-state index contributed by atoms with van der Waals surface area (Å²) in [5.41, 5.74) is 1.46. The van der Waals surface area contributed by atoms with Crippen LogP contribution in [0.3, 0.4) is 0 Å². The van der Waals surface area contributed by atoms with Crippen molar-refractivity contribution in [2.75, 3.05) is 0 Å². The summed E-state index contributed by atoms with van der Waals surface area (Å²) in [6, 6.07) is 4.03. The summed E-state index contributed by atoms with van der Waals surface area (Å²) in [4.78, 5) is 19.0. The van der Waals surface area contributed by atoms with Gasteiger partial charge in [-0.2, -0.15) is 0 Å². The molecule has 0 spiro atoms. The third-order valence-electron chi connectivity index (χ3n) is 2.62. The fraction of sp³-hybridized carbons (Fsp3) is 0.273. The zero-order valence-electron chi connectivity index (χ0n) is 8.16. The number of carbonyl (C=O) groups is 1. The molecule has 0 saturated heterocycles. The summed E-state index contributed by atoms with van der Waals surface area (Å²) in [5, 5.41) is 3.86. The van der Waals surface area contributed by atoms with Crippen LogP contribution in [0.2, 0.25) is 0 Å². The highest BCUT2D eigenvalue weighted by Crippen LogP contribution is 2.21. The van der Waals surface area contributed by atoms with Gasteiger partial charge in [-0.05, 0) is 25.0 Å². The van der Waals surface area contributed by atoms with Gasteiger partial charge in [0.25, 0.3) is 5.91 Å². The van der Waals surface area contributed by atoms with Crippen LogP contribution < -0.4 is 5.32 Å². The highest BCUT2D eigenvalue weighted by molar-refractivity contribution is 6.05. The SMILES string of the molecule is O=C(NC1CC1)c1ccnc2[nH]ccc12. The lowest BCUT2D eigenvalue weighted by atomic mass is 10.2. The third kappa shape index (κ3) is 1.48. The Morgan fingerprint density at radius 2 is 2.33 bits per heavy atom. The fourth-order valence-corrected chi connectivity index (χ4v) is 1.65. The minimum atomic E-state index is 0.00417. The fourth-order valence-electron chi connectivity index (χ4n) is 1.65. The number of pyridine rings is 1. The number of nitrogens with zero attached hydrogens (tertiary/aromatic N) is 1. The molecule has 2 aromatic heterocycles. The highest BCUT2D eigenvalue weighted by Gasteiger charge is 2.24. The summed E-state index contributed by atoms with van der Waals surface area (Å²) < 4.78 is 0. The van der Waals surface area contributed by atoms with Gasteiger partial charge in [0.1, 0.15) is 5.65 Å². The molecule has 0 radical (unpaired) electrons. The first kappa shape index (κ1) is 8.47. The van der Waals surface area contributed by atoms with Crippen molar-refractivity contribution in [3.8, 4) is 0 Å². The Kier molecular flexibility index (Phi) is 1.74. The lowest BCUT2D eigenvalue weighted by Gasteiger charge is -2.03. The van der Waals surface area contributed by atoms with Crippen molar-refractivity contribution in [1.82, 2.24) is 15.3 Å². The Balaban J connectivity index is 2.01. The molecule has 2 heterocycles. The van der Waals surface area contributed by atoms with Crippen LogP contribution in [0.1, 0.15) is 23.2 Å².